The SMILES string of the molecule is CN1N=NC2C(=O)c3ccccc3C21. The molecule has 0 fully saturated rings. The van der Waals surface area contributed by atoms with Gasteiger partial charge in [0.1, 0.15) is 6.04 Å². The fourth-order valence-corrected chi connectivity index (χ4v) is 2.17. The zero-order valence-electron chi connectivity index (χ0n) is 7.71. The predicted molar refractivity (Wildman–Crippen MR) is 49.9 cm³/mol. The van der Waals surface area contributed by atoms with Crippen molar-refractivity contribution in [1.82, 2.24) is 5.01 Å². The van der Waals surface area contributed by atoms with Crippen molar-refractivity contribution in [3.05, 3.63) is 35.4 Å². The lowest BCUT2D eigenvalue weighted by atomic mass is 10.1. The summed E-state index contributed by atoms with van der Waals surface area (Å²) in [5.41, 5.74) is 1.85. The van der Waals surface area contributed by atoms with Crippen molar-refractivity contribution in [2.45, 2.75) is 12.1 Å². The molecule has 1 aliphatic carbocycles. The van der Waals surface area contributed by atoms with E-state index in [1.54, 1.807) is 5.01 Å². The summed E-state index contributed by atoms with van der Waals surface area (Å²) < 4.78 is 0. The standard InChI is InChI=1S/C10H9N3O/c1-13-9-6-4-2-3-5-7(6)10(14)8(9)11-12-13/h2-5,8-9H,1H3. The van der Waals surface area contributed by atoms with Crippen LogP contribution in [0.4, 0.5) is 0 Å². The molecule has 2 unspecified atom stereocenters. The largest absolute Gasteiger partial charge is 0.292 e. The van der Waals surface area contributed by atoms with Gasteiger partial charge in [0.15, 0.2) is 11.8 Å². The zero-order valence-corrected chi connectivity index (χ0v) is 7.71. The molecule has 0 radical (unpaired) electrons. The van der Waals surface area contributed by atoms with Gasteiger partial charge in [-0.2, -0.15) is 5.11 Å². The number of benzene rings is 1. The number of carbonyl (C=O) groups excluding carboxylic acids is 1. The normalized spacial score (nSPS) is 28.1. The van der Waals surface area contributed by atoms with Crippen LogP contribution in [-0.2, 0) is 0 Å². The van der Waals surface area contributed by atoms with Crippen LogP contribution < -0.4 is 0 Å². The van der Waals surface area contributed by atoms with Crippen LogP contribution in [-0.4, -0.2) is 23.9 Å². The highest BCUT2D eigenvalue weighted by Gasteiger charge is 2.45. The minimum atomic E-state index is -0.308. The number of hydrogen-bond donors (Lipinski definition) is 0. The highest BCUT2D eigenvalue weighted by atomic mass is 16.1. The Balaban J connectivity index is 2.20. The van der Waals surface area contributed by atoms with Crippen molar-refractivity contribution in [3.8, 4) is 0 Å². The summed E-state index contributed by atoms with van der Waals surface area (Å²) in [6, 6.07) is 7.38. The first-order valence-corrected chi connectivity index (χ1v) is 4.56. The van der Waals surface area contributed by atoms with Gasteiger partial charge in [0.25, 0.3) is 0 Å². The second-order valence-corrected chi connectivity index (χ2v) is 3.62. The third-order valence-electron chi connectivity index (χ3n) is 2.83. The molecule has 4 nitrogen and oxygen atoms in total. The van der Waals surface area contributed by atoms with Gasteiger partial charge in [-0.05, 0) is 5.56 Å². The molecule has 0 saturated heterocycles. The average molecular weight is 187 g/mol. The summed E-state index contributed by atoms with van der Waals surface area (Å²) in [6.45, 7) is 0. The lowest BCUT2D eigenvalue weighted by Crippen LogP contribution is -2.22. The summed E-state index contributed by atoms with van der Waals surface area (Å²) in [6.07, 6.45) is 0. The van der Waals surface area contributed by atoms with Gasteiger partial charge < -0.3 is 0 Å². The number of fused-ring (bicyclic) bond motifs is 3. The number of ketones is 1. The molecule has 1 aromatic rings. The minimum Gasteiger partial charge on any atom is -0.292 e. The molecule has 2 aliphatic rings. The Kier molecular flexibility index (Phi) is 1.32. The lowest BCUT2D eigenvalue weighted by molar-refractivity contribution is 0.0959. The quantitative estimate of drug-likeness (QED) is 0.619. The molecule has 0 aromatic heterocycles. The van der Waals surface area contributed by atoms with Crippen molar-refractivity contribution in [2.75, 3.05) is 7.05 Å². The van der Waals surface area contributed by atoms with E-state index in [4.69, 9.17) is 0 Å². The molecule has 0 spiro atoms. The van der Waals surface area contributed by atoms with Crippen LogP contribution in [0.3, 0.4) is 0 Å². The van der Waals surface area contributed by atoms with E-state index in [0.29, 0.717) is 0 Å². The topological polar surface area (TPSA) is 45.0 Å². The Morgan fingerprint density at radius 2 is 2.14 bits per heavy atom. The molecular weight excluding hydrogens is 178 g/mol. The number of Topliss-reactive ketones (excluding diaryl/α,β-unsaturated/α-hetero) is 1. The molecule has 2 atom stereocenters. The van der Waals surface area contributed by atoms with Gasteiger partial charge >= 0.3 is 0 Å². The monoisotopic (exact) mass is 187 g/mol. The summed E-state index contributed by atoms with van der Waals surface area (Å²) in [4.78, 5) is 11.8. The summed E-state index contributed by atoms with van der Waals surface area (Å²) in [5.74, 6) is 0.0960. The average Bonchev–Trinajstić information content (AvgIpc) is 2.70. The molecule has 0 bridgehead atoms. The highest BCUT2D eigenvalue weighted by molar-refractivity contribution is 6.05. The van der Waals surface area contributed by atoms with Crippen molar-refractivity contribution >= 4 is 5.78 Å². The van der Waals surface area contributed by atoms with E-state index in [-0.39, 0.29) is 17.9 Å². The third kappa shape index (κ3) is 0.755. The molecule has 14 heavy (non-hydrogen) atoms. The molecule has 70 valence electrons. The van der Waals surface area contributed by atoms with Crippen LogP contribution in [0.2, 0.25) is 0 Å². The molecule has 1 aromatic carbocycles. The second kappa shape index (κ2) is 2.41. The molecule has 0 saturated carbocycles. The Labute approximate surface area is 81.2 Å². The van der Waals surface area contributed by atoms with E-state index in [2.05, 4.69) is 10.3 Å². The number of likely N-dealkylation sites (N-methyl/N-ethyl adjacent to an activating group) is 1. The summed E-state index contributed by atoms with van der Waals surface area (Å²) in [7, 11) is 1.85. The smallest absolute Gasteiger partial charge is 0.192 e. The zero-order chi connectivity index (χ0) is 9.71. The molecular formula is C10H9N3O. The second-order valence-electron chi connectivity index (χ2n) is 3.62. The summed E-state index contributed by atoms with van der Waals surface area (Å²) in [5, 5.41) is 9.64. The molecule has 4 heteroatoms. The van der Waals surface area contributed by atoms with Gasteiger partial charge in [0, 0.05) is 12.6 Å². The van der Waals surface area contributed by atoms with Crippen molar-refractivity contribution in [3.63, 3.8) is 0 Å². The molecule has 3 rings (SSSR count). The van der Waals surface area contributed by atoms with E-state index in [1.165, 1.54) is 0 Å². The van der Waals surface area contributed by atoms with Gasteiger partial charge in [0.05, 0.1) is 0 Å². The first-order valence-electron chi connectivity index (χ1n) is 4.56. The third-order valence-corrected chi connectivity index (χ3v) is 2.83. The maximum absolute atomic E-state index is 11.8. The Morgan fingerprint density at radius 1 is 1.36 bits per heavy atom. The van der Waals surface area contributed by atoms with Crippen LogP contribution in [0, 0.1) is 0 Å². The van der Waals surface area contributed by atoms with Gasteiger partial charge in [-0.25, -0.2) is 0 Å². The molecule has 1 aliphatic heterocycles. The van der Waals surface area contributed by atoms with Crippen LogP contribution in [0.5, 0.6) is 0 Å². The van der Waals surface area contributed by atoms with Gasteiger partial charge in [-0.3, -0.25) is 9.80 Å². The predicted octanol–water partition coefficient (Wildman–Crippen LogP) is 1.61. The Morgan fingerprint density at radius 3 is 3.00 bits per heavy atom. The molecule has 0 N–H and O–H groups in total. The van der Waals surface area contributed by atoms with E-state index < -0.39 is 0 Å². The van der Waals surface area contributed by atoms with Crippen molar-refractivity contribution < 1.29 is 4.79 Å². The van der Waals surface area contributed by atoms with Crippen LogP contribution in [0.25, 0.3) is 0 Å². The first-order chi connectivity index (χ1) is 6.79. The van der Waals surface area contributed by atoms with E-state index in [9.17, 15) is 4.79 Å². The van der Waals surface area contributed by atoms with E-state index in [0.717, 1.165) is 11.1 Å². The van der Waals surface area contributed by atoms with Crippen LogP contribution >= 0.6 is 0 Å². The van der Waals surface area contributed by atoms with Gasteiger partial charge in [0.2, 0.25) is 0 Å². The summed E-state index contributed by atoms with van der Waals surface area (Å²) >= 11 is 0. The van der Waals surface area contributed by atoms with Crippen molar-refractivity contribution in [1.29, 1.82) is 0 Å². The number of hydrogen-bond acceptors (Lipinski definition) is 4. The Hall–Kier alpha value is -1.71. The molecule has 1 heterocycles. The Bertz CT molecular complexity index is 441. The van der Waals surface area contributed by atoms with Gasteiger partial charge in [-0.1, -0.05) is 29.5 Å². The maximum Gasteiger partial charge on any atom is 0.192 e. The fourth-order valence-electron chi connectivity index (χ4n) is 2.17. The van der Waals surface area contributed by atoms with E-state index >= 15 is 0 Å². The number of rotatable bonds is 0. The highest BCUT2D eigenvalue weighted by Crippen LogP contribution is 2.40. The number of nitrogens with zero attached hydrogens (tertiary/aromatic N) is 3. The fraction of sp³-hybridized carbons (Fsp3) is 0.300. The van der Waals surface area contributed by atoms with Crippen LogP contribution in [0.1, 0.15) is 22.0 Å². The minimum absolute atomic E-state index is 0.0266. The first kappa shape index (κ1) is 7.67. The van der Waals surface area contributed by atoms with Crippen molar-refractivity contribution in [2.24, 2.45) is 10.3 Å². The lowest BCUT2D eigenvalue weighted by Gasteiger charge is -2.15. The molecule has 0 amide bonds. The van der Waals surface area contributed by atoms with Crippen LogP contribution in [0.15, 0.2) is 34.6 Å². The maximum atomic E-state index is 11.8. The number of carbonyl (C=O) groups is 1. The van der Waals surface area contributed by atoms with Gasteiger partial charge in [-0.15, -0.1) is 0 Å². The van der Waals surface area contributed by atoms with E-state index in [1.807, 2.05) is 31.3 Å².